The van der Waals surface area contributed by atoms with Crippen molar-refractivity contribution in [1.82, 2.24) is 14.9 Å². The highest BCUT2D eigenvalue weighted by atomic mass is 16.5. The maximum Gasteiger partial charge on any atom is 0.245 e. The molecule has 8 nitrogen and oxygen atoms in total. The molecule has 2 amide bonds. The van der Waals surface area contributed by atoms with Crippen LogP contribution in [0.4, 0.5) is 5.69 Å². The van der Waals surface area contributed by atoms with Crippen LogP contribution in [0.25, 0.3) is 11.0 Å². The van der Waals surface area contributed by atoms with Crippen molar-refractivity contribution in [3.05, 3.63) is 54.4 Å². The van der Waals surface area contributed by atoms with E-state index in [-0.39, 0.29) is 25.0 Å². The van der Waals surface area contributed by atoms with Crippen molar-refractivity contribution >= 4 is 28.5 Å². The van der Waals surface area contributed by atoms with Gasteiger partial charge in [0.15, 0.2) is 0 Å². The van der Waals surface area contributed by atoms with Crippen LogP contribution >= 0.6 is 0 Å². The highest BCUT2D eigenvalue weighted by Gasteiger charge is 2.14. The number of para-hydroxylation sites is 2. The van der Waals surface area contributed by atoms with Gasteiger partial charge < -0.3 is 24.7 Å². The molecule has 0 bridgehead atoms. The average Bonchev–Trinajstić information content (AvgIpc) is 3.07. The molecular formula is C22H26N4O4. The third-order valence-electron chi connectivity index (χ3n) is 4.43. The van der Waals surface area contributed by atoms with Crippen molar-refractivity contribution < 1.29 is 19.1 Å². The SMILES string of the molecule is CCOc1ccc(NC(=O)Cn2c(CCNC(=O)COC)nc3ccccc32)cc1. The number of nitrogens with one attached hydrogen (secondary N) is 2. The van der Waals surface area contributed by atoms with Gasteiger partial charge in [0.2, 0.25) is 11.8 Å². The van der Waals surface area contributed by atoms with Gasteiger partial charge in [-0.1, -0.05) is 12.1 Å². The fourth-order valence-corrected chi connectivity index (χ4v) is 3.13. The molecule has 0 aliphatic carbocycles. The Kier molecular flexibility index (Phi) is 7.40. The molecule has 0 unspecified atom stereocenters. The summed E-state index contributed by atoms with van der Waals surface area (Å²) in [5, 5.41) is 5.69. The summed E-state index contributed by atoms with van der Waals surface area (Å²) < 4.78 is 12.1. The molecule has 2 aromatic carbocycles. The number of anilines is 1. The van der Waals surface area contributed by atoms with Gasteiger partial charge in [0.1, 0.15) is 24.7 Å². The first-order valence-corrected chi connectivity index (χ1v) is 9.83. The first-order chi connectivity index (χ1) is 14.6. The molecule has 30 heavy (non-hydrogen) atoms. The molecule has 0 saturated carbocycles. The van der Waals surface area contributed by atoms with Gasteiger partial charge in [-0.2, -0.15) is 0 Å². The van der Waals surface area contributed by atoms with Gasteiger partial charge >= 0.3 is 0 Å². The minimum absolute atomic E-state index is 0.0148. The van der Waals surface area contributed by atoms with Crippen LogP contribution in [-0.2, 0) is 27.3 Å². The van der Waals surface area contributed by atoms with Crippen LogP contribution in [0, 0.1) is 0 Å². The van der Waals surface area contributed by atoms with Gasteiger partial charge in [-0.05, 0) is 43.3 Å². The number of fused-ring (bicyclic) bond motifs is 1. The van der Waals surface area contributed by atoms with E-state index in [0.29, 0.717) is 25.3 Å². The lowest BCUT2D eigenvalue weighted by Gasteiger charge is -2.11. The minimum atomic E-state index is -0.187. The number of rotatable bonds is 10. The molecule has 1 aromatic heterocycles. The maximum absolute atomic E-state index is 12.7. The average molecular weight is 410 g/mol. The molecule has 0 radical (unpaired) electrons. The number of carbonyl (C=O) groups is 2. The molecule has 0 aliphatic heterocycles. The molecule has 8 heteroatoms. The van der Waals surface area contributed by atoms with Crippen LogP contribution in [-0.4, -0.2) is 48.2 Å². The molecule has 3 rings (SSSR count). The summed E-state index contributed by atoms with van der Waals surface area (Å²) >= 11 is 0. The zero-order valence-corrected chi connectivity index (χ0v) is 17.2. The van der Waals surface area contributed by atoms with E-state index in [1.807, 2.05) is 47.9 Å². The van der Waals surface area contributed by atoms with Crippen molar-refractivity contribution in [2.75, 3.05) is 32.2 Å². The molecule has 0 spiro atoms. The van der Waals surface area contributed by atoms with Crippen LogP contribution in [0.1, 0.15) is 12.7 Å². The lowest BCUT2D eigenvalue weighted by molar-refractivity contribution is -0.124. The lowest BCUT2D eigenvalue weighted by Crippen LogP contribution is -2.30. The minimum Gasteiger partial charge on any atom is -0.494 e. The van der Waals surface area contributed by atoms with Gasteiger partial charge in [0.25, 0.3) is 0 Å². The van der Waals surface area contributed by atoms with Crippen LogP contribution < -0.4 is 15.4 Å². The molecule has 158 valence electrons. The molecule has 3 aromatic rings. The number of hydrogen-bond donors (Lipinski definition) is 2. The number of imidazole rings is 1. The van der Waals surface area contributed by atoms with Crippen molar-refractivity contribution in [2.24, 2.45) is 0 Å². The Labute approximate surface area is 175 Å². The van der Waals surface area contributed by atoms with E-state index in [2.05, 4.69) is 15.6 Å². The summed E-state index contributed by atoms with van der Waals surface area (Å²) in [6, 6.07) is 14.9. The maximum atomic E-state index is 12.7. The van der Waals surface area contributed by atoms with Gasteiger partial charge in [-0.15, -0.1) is 0 Å². The number of ether oxygens (including phenoxy) is 2. The third-order valence-corrected chi connectivity index (χ3v) is 4.43. The number of benzene rings is 2. The van der Waals surface area contributed by atoms with Gasteiger partial charge in [-0.25, -0.2) is 4.98 Å². The predicted molar refractivity (Wildman–Crippen MR) is 115 cm³/mol. The van der Waals surface area contributed by atoms with E-state index < -0.39 is 0 Å². The normalized spacial score (nSPS) is 10.7. The second kappa shape index (κ2) is 10.4. The summed E-state index contributed by atoms with van der Waals surface area (Å²) in [6.07, 6.45) is 0.500. The topological polar surface area (TPSA) is 94.5 Å². The van der Waals surface area contributed by atoms with E-state index in [1.165, 1.54) is 7.11 Å². The summed E-state index contributed by atoms with van der Waals surface area (Å²) in [6.45, 7) is 3.06. The van der Waals surface area contributed by atoms with Gasteiger partial charge in [0.05, 0.1) is 17.6 Å². The zero-order chi connectivity index (χ0) is 21.3. The van der Waals surface area contributed by atoms with Crippen molar-refractivity contribution in [1.29, 1.82) is 0 Å². The number of carbonyl (C=O) groups excluding carboxylic acids is 2. The Balaban J connectivity index is 1.70. The fourth-order valence-electron chi connectivity index (χ4n) is 3.13. The fraction of sp³-hybridized carbons (Fsp3) is 0.318. The predicted octanol–water partition coefficient (Wildman–Crippen LogP) is 2.38. The van der Waals surface area contributed by atoms with E-state index in [4.69, 9.17) is 9.47 Å². The number of hydrogen-bond acceptors (Lipinski definition) is 5. The second-order valence-corrected chi connectivity index (χ2v) is 6.64. The summed E-state index contributed by atoms with van der Waals surface area (Å²) in [5.74, 6) is 1.14. The van der Waals surface area contributed by atoms with Gasteiger partial charge in [-0.3, -0.25) is 9.59 Å². The van der Waals surface area contributed by atoms with Crippen LogP contribution in [0.15, 0.2) is 48.5 Å². The number of nitrogens with zero attached hydrogens (tertiary/aromatic N) is 2. The van der Waals surface area contributed by atoms with Gasteiger partial charge in [0, 0.05) is 25.8 Å². The van der Waals surface area contributed by atoms with Crippen molar-refractivity contribution in [3.8, 4) is 5.75 Å². The Bertz CT molecular complexity index is 998. The molecule has 0 aliphatic rings. The van der Waals surface area contributed by atoms with E-state index >= 15 is 0 Å². The standard InChI is InChI=1S/C22H26N4O4/c1-3-30-17-10-8-16(9-11-17)24-21(27)14-26-19-7-5-4-6-18(19)25-20(26)12-13-23-22(28)15-29-2/h4-11H,3,12-15H2,1-2H3,(H,23,28)(H,24,27). The summed E-state index contributed by atoms with van der Waals surface area (Å²) in [5.41, 5.74) is 2.38. The Hall–Kier alpha value is -3.39. The monoisotopic (exact) mass is 410 g/mol. The van der Waals surface area contributed by atoms with E-state index in [9.17, 15) is 9.59 Å². The molecule has 2 N–H and O–H groups in total. The summed E-state index contributed by atoms with van der Waals surface area (Å²) in [4.78, 5) is 28.9. The smallest absolute Gasteiger partial charge is 0.245 e. The first kappa shape index (κ1) is 21.3. The van der Waals surface area contributed by atoms with E-state index in [1.54, 1.807) is 12.1 Å². The highest BCUT2D eigenvalue weighted by Crippen LogP contribution is 2.18. The third kappa shape index (κ3) is 5.57. The molecule has 0 atom stereocenters. The highest BCUT2D eigenvalue weighted by molar-refractivity contribution is 5.91. The van der Waals surface area contributed by atoms with Crippen LogP contribution in [0.2, 0.25) is 0 Å². The first-order valence-electron chi connectivity index (χ1n) is 9.83. The van der Waals surface area contributed by atoms with Crippen LogP contribution in [0.5, 0.6) is 5.75 Å². The number of methoxy groups -OCH3 is 1. The largest absolute Gasteiger partial charge is 0.494 e. The second-order valence-electron chi connectivity index (χ2n) is 6.64. The molecule has 0 fully saturated rings. The van der Waals surface area contributed by atoms with Crippen LogP contribution in [0.3, 0.4) is 0 Å². The lowest BCUT2D eigenvalue weighted by atomic mass is 10.3. The van der Waals surface area contributed by atoms with E-state index in [0.717, 1.165) is 22.6 Å². The molecular weight excluding hydrogens is 384 g/mol. The number of amides is 2. The molecule has 0 saturated heterocycles. The van der Waals surface area contributed by atoms with Crippen molar-refractivity contribution in [2.45, 2.75) is 19.9 Å². The molecule has 1 heterocycles. The summed E-state index contributed by atoms with van der Waals surface area (Å²) in [7, 11) is 1.47. The Morgan fingerprint density at radius 1 is 1.07 bits per heavy atom. The number of aromatic nitrogens is 2. The Morgan fingerprint density at radius 3 is 2.57 bits per heavy atom. The quantitative estimate of drug-likeness (QED) is 0.535. The van der Waals surface area contributed by atoms with Crippen molar-refractivity contribution in [3.63, 3.8) is 0 Å². The Morgan fingerprint density at radius 2 is 1.83 bits per heavy atom. The zero-order valence-electron chi connectivity index (χ0n) is 17.2.